The number of carbonyl (C=O) groups is 2. The largest absolute Gasteiger partial charge is 0.444 e. The molecule has 2 aromatic rings. The minimum absolute atomic E-state index is 0.151. The summed E-state index contributed by atoms with van der Waals surface area (Å²) < 4.78 is 5.09. The van der Waals surface area contributed by atoms with Crippen molar-refractivity contribution in [2.24, 2.45) is 0 Å². The van der Waals surface area contributed by atoms with E-state index in [9.17, 15) is 9.59 Å². The lowest BCUT2D eigenvalue weighted by Crippen LogP contribution is -2.39. The van der Waals surface area contributed by atoms with E-state index in [2.05, 4.69) is 5.32 Å². The van der Waals surface area contributed by atoms with E-state index in [0.717, 1.165) is 24.0 Å². The molecule has 1 fully saturated rings. The van der Waals surface area contributed by atoms with Crippen molar-refractivity contribution in [2.75, 3.05) is 0 Å². The van der Waals surface area contributed by atoms with Crippen molar-refractivity contribution in [3.05, 3.63) is 71.8 Å². The van der Waals surface area contributed by atoms with Crippen molar-refractivity contribution in [3.8, 4) is 0 Å². The molecule has 0 spiro atoms. The Balaban J connectivity index is 1.57. The number of benzene rings is 2. The molecule has 2 amide bonds. The van der Waals surface area contributed by atoms with Crippen LogP contribution in [0.4, 0.5) is 4.79 Å². The SMILES string of the molecule is O=C(NC(=O)C1(c2ccccc2)CC1)OCc1ccccc1. The van der Waals surface area contributed by atoms with Gasteiger partial charge in [-0.3, -0.25) is 10.1 Å². The van der Waals surface area contributed by atoms with Gasteiger partial charge in [0.2, 0.25) is 5.91 Å². The van der Waals surface area contributed by atoms with Gasteiger partial charge in [-0.15, -0.1) is 0 Å². The van der Waals surface area contributed by atoms with E-state index in [1.807, 2.05) is 60.7 Å². The van der Waals surface area contributed by atoms with Crippen LogP contribution in [0.15, 0.2) is 60.7 Å². The first-order valence-electron chi connectivity index (χ1n) is 7.28. The van der Waals surface area contributed by atoms with Crippen LogP contribution in [0.3, 0.4) is 0 Å². The van der Waals surface area contributed by atoms with Crippen molar-refractivity contribution in [3.63, 3.8) is 0 Å². The number of hydrogen-bond donors (Lipinski definition) is 1. The summed E-state index contributed by atoms with van der Waals surface area (Å²) in [4.78, 5) is 24.1. The van der Waals surface area contributed by atoms with Crippen molar-refractivity contribution in [1.82, 2.24) is 5.32 Å². The predicted octanol–water partition coefficient (Wildman–Crippen LogP) is 3.17. The third-order valence-electron chi connectivity index (χ3n) is 3.94. The topological polar surface area (TPSA) is 55.4 Å². The first-order chi connectivity index (χ1) is 10.7. The van der Waals surface area contributed by atoms with Crippen LogP contribution in [0.1, 0.15) is 24.0 Å². The molecule has 0 aromatic heterocycles. The summed E-state index contributed by atoms with van der Waals surface area (Å²) in [5.41, 5.74) is 1.27. The highest BCUT2D eigenvalue weighted by Gasteiger charge is 2.51. The lowest BCUT2D eigenvalue weighted by Gasteiger charge is -2.15. The van der Waals surface area contributed by atoms with Gasteiger partial charge in [0.1, 0.15) is 6.61 Å². The minimum atomic E-state index is -0.698. The average molecular weight is 295 g/mol. The van der Waals surface area contributed by atoms with E-state index >= 15 is 0 Å². The molecule has 0 radical (unpaired) electrons. The Labute approximate surface area is 129 Å². The van der Waals surface area contributed by atoms with Gasteiger partial charge < -0.3 is 4.74 Å². The zero-order chi connectivity index (χ0) is 15.4. The van der Waals surface area contributed by atoms with Crippen molar-refractivity contribution < 1.29 is 14.3 Å². The number of carbonyl (C=O) groups excluding carboxylic acids is 2. The Kier molecular flexibility index (Phi) is 3.92. The van der Waals surface area contributed by atoms with E-state index in [1.165, 1.54) is 0 Å². The first kappa shape index (κ1) is 14.3. The van der Waals surface area contributed by atoms with Crippen molar-refractivity contribution in [1.29, 1.82) is 0 Å². The summed E-state index contributed by atoms with van der Waals surface area (Å²) in [5.74, 6) is -0.281. The quantitative estimate of drug-likeness (QED) is 0.942. The first-order valence-corrected chi connectivity index (χ1v) is 7.28. The monoisotopic (exact) mass is 295 g/mol. The second-order valence-electron chi connectivity index (χ2n) is 5.46. The Bertz CT molecular complexity index is 663. The molecule has 1 N–H and O–H groups in total. The molecule has 2 aromatic carbocycles. The molecule has 0 unspecified atom stereocenters. The summed E-state index contributed by atoms with van der Waals surface area (Å²) in [6.07, 6.45) is 0.819. The summed E-state index contributed by atoms with van der Waals surface area (Å²) in [6, 6.07) is 18.9. The summed E-state index contributed by atoms with van der Waals surface area (Å²) >= 11 is 0. The van der Waals surface area contributed by atoms with Gasteiger partial charge in [0, 0.05) is 0 Å². The van der Waals surface area contributed by atoms with E-state index in [0.29, 0.717) is 0 Å². The molecule has 0 atom stereocenters. The van der Waals surface area contributed by atoms with Gasteiger partial charge in [-0.1, -0.05) is 60.7 Å². The highest BCUT2D eigenvalue weighted by atomic mass is 16.5. The van der Waals surface area contributed by atoms with Crippen LogP contribution in [-0.2, 0) is 21.6 Å². The van der Waals surface area contributed by atoms with Gasteiger partial charge in [-0.25, -0.2) is 4.79 Å². The second-order valence-corrected chi connectivity index (χ2v) is 5.46. The smallest absolute Gasteiger partial charge is 0.414 e. The molecule has 1 saturated carbocycles. The van der Waals surface area contributed by atoms with Gasteiger partial charge in [-0.2, -0.15) is 0 Å². The molecular formula is C18H17NO3. The van der Waals surface area contributed by atoms with Gasteiger partial charge in [-0.05, 0) is 24.0 Å². The number of ether oxygens (including phenoxy) is 1. The van der Waals surface area contributed by atoms with Crippen LogP contribution in [-0.4, -0.2) is 12.0 Å². The molecule has 1 aliphatic carbocycles. The van der Waals surface area contributed by atoms with Gasteiger partial charge >= 0.3 is 6.09 Å². The molecule has 0 saturated heterocycles. The number of imide groups is 1. The number of hydrogen-bond acceptors (Lipinski definition) is 3. The van der Waals surface area contributed by atoms with Crippen LogP contribution in [0, 0.1) is 0 Å². The fourth-order valence-corrected chi connectivity index (χ4v) is 2.50. The van der Waals surface area contributed by atoms with Crippen LogP contribution in [0.5, 0.6) is 0 Å². The number of rotatable bonds is 4. The molecule has 0 bridgehead atoms. The maximum absolute atomic E-state index is 12.3. The highest BCUT2D eigenvalue weighted by Crippen LogP contribution is 2.48. The van der Waals surface area contributed by atoms with Crippen molar-refractivity contribution in [2.45, 2.75) is 24.9 Å². The maximum Gasteiger partial charge on any atom is 0.414 e. The lowest BCUT2D eigenvalue weighted by atomic mass is 9.95. The summed E-state index contributed by atoms with van der Waals surface area (Å²) in [5, 5.41) is 2.35. The Morgan fingerprint density at radius 2 is 1.55 bits per heavy atom. The third kappa shape index (κ3) is 3.01. The molecule has 1 aliphatic rings. The summed E-state index contributed by atoms with van der Waals surface area (Å²) in [7, 11) is 0. The van der Waals surface area contributed by atoms with Crippen LogP contribution >= 0.6 is 0 Å². The highest BCUT2D eigenvalue weighted by molar-refractivity contribution is 6.00. The van der Waals surface area contributed by atoms with Gasteiger partial charge in [0.15, 0.2) is 0 Å². The number of amides is 2. The third-order valence-corrected chi connectivity index (χ3v) is 3.94. The molecular weight excluding hydrogens is 278 g/mol. The van der Waals surface area contributed by atoms with Gasteiger partial charge in [0.25, 0.3) is 0 Å². The Morgan fingerprint density at radius 1 is 0.955 bits per heavy atom. The zero-order valence-corrected chi connectivity index (χ0v) is 12.1. The average Bonchev–Trinajstić information content (AvgIpc) is 3.37. The summed E-state index contributed by atoms with van der Waals surface area (Å²) in [6.45, 7) is 0.151. The molecule has 4 nitrogen and oxygen atoms in total. The van der Waals surface area contributed by atoms with E-state index in [1.54, 1.807) is 0 Å². The Hall–Kier alpha value is -2.62. The standard InChI is InChI=1S/C18H17NO3/c20-16(18(11-12-18)15-9-5-2-6-10-15)19-17(21)22-13-14-7-3-1-4-8-14/h1-10H,11-13H2,(H,19,20,21). The zero-order valence-electron chi connectivity index (χ0n) is 12.1. The molecule has 0 heterocycles. The van der Waals surface area contributed by atoms with E-state index in [-0.39, 0.29) is 12.5 Å². The molecule has 3 rings (SSSR count). The van der Waals surface area contributed by atoms with Crippen LogP contribution in [0.2, 0.25) is 0 Å². The number of nitrogens with one attached hydrogen (secondary N) is 1. The lowest BCUT2D eigenvalue weighted by molar-refractivity contribution is -0.122. The molecule has 22 heavy (non-hydrogen) atoms. The molecule has 0 aliphatic heterocycles. The Morgan fingerprint density at radius 3 is 2.14 bits per heavy atom. The fraction of sp³-hybridized carbons (Fsp3) is 0.222. The van der Waals surface area contributed by atoms with Crippen molar-refractivity contribution >= 4 is 12.0 Å². The second kappa shape index (κ2) is 6.02. The molecule has 4 heteroatoms. The fourth-order valence-electron chi connectivity index (χ4n) is 2.50. The predicted molar refractivity (Wildman–Crippen MR) is 82.1 cm³/mol. The maximum atomic E-state index is 12.3. The minimum Gasteiger partial charge on any atom is -0.444 e. The van der Waals surface area contributed by atoms with Crippen LogP contribution < -0.4 is 5.32 Å². The number of alkyl carbamates (subject to hydrolysis) is 1. The van der Waals surface area contributed by atoms with E-state index in [4.69, 9.17) is 4.74 Å². The van der Waals surface area contributed by atoms with E-state index < -0.39 is 11.5 Å². The van der Waals surface area contributed by atoms with Crippen LogP contribution in [0.25, 0.3) is 0 Å². The van der Waals surface area contributed by atoms with Gasteiger partial charge in [0.05, 0.1) is 5.41 Å². The normalized spacial score (nSPS) is 14.9. The molecule has 112 valence electrons.